The second-order valence-corrected chi connectivity index (χ2v) is 9.75. The molecule has 7 heteroatoms. The molecule has 1 aliphatic heterocycles. The molecular formula is C22H26N2O4S. The number of likely N-dealkylation sites (tertiary alicyclic amines) is 1. The van der Waals surface area contributed by atoms with Crippen LogP contribution in [0.15, 0.2) is 53.4 Å². The largest absolute Gasteiger partial charge is 0.349 e. The summed E-state index contributed by atoms with van der Waals surface area (Å²) in [7, 11) is -3.25. The zero-order chi connectivity index (χ0) is 21.2. The van der Waals surface area contributed by atoms with Crippen LogP contribution in [0.2, 0.25) is 0 Å². The Balaban J connectivity index is 1.59. The van der Waals surface area contributed by atoms with Gasteiger partial charge in [0.05, 0.1) is 16.9 Å². The lowest BCUT2D eigenvalue weighted by molar-refractivity contribution is -0.129. The molecule has 154 valence electrons. The lowest BCUT2D eigenvalue weighted by Gasteiger charge is -2.19. The van der Waals surface area contributed by atoms with Crippen molar-refractivity contribution in [3.8, 4) is 0 Å². The van der Waals surface area contributed by atoms with Gasteiger partial charge in [0.25, 0.3) is 0 Å². The third-order valence-electron chi connectivity index (χ3n) is 5.25. The minimum absolute atomic E-state index is 0.0177. The first-order chi connectivity index (χ1) is 13.6. The topological polar surface area (TPSA) is 83.6 Å². The van der Waals surface area contributed by atoms with Crippen LogP contribution in [0.3, 0.4) is 0 Å². The number of carbonyl (C=O) groups excluding carboxylic acids is 2. The molecule has 1 aliphatic rings. The van der Waals surface area contributed by atoms with E-state index in [0.717, 1.165) is 22.9 Å². The third kappa shape index (κ3) is 5.23. The van der Waals surface area contributed by atoms with Crippen LogP contribution in [-0.2, 0) is 26.0 Å². The van der Waals surface area contributed by atoms with E-state index in [2.05, 4.69) is 5.32 Å². The Morgan fingerprint density at radius 1 is 1.14 bits per heavy atom. The van der Waals surface area contributed by atoms with Gasteiger partial charge < -0.3 is 10.2 Å². The van der Waals surface area contributed by atoms with Crippen LogP contribution in [0.25, 0.3) is 0 Å². The van der Waals surface area contributed by atoms with Gasteiger partial charge in [-0.05, 0) is 37.1 Å². The smallest absolute Gasteiger partial charge is 0.225 e. The van der Waals surface area contributed by atoms with Crippen molar-refractivity contribution in [2.75, 3.05) is 12.8 Å². The van der Waals surface area contributed by atoms with Crippen LogP contribution in [0, 0.1) is 12.8 Å². The molecule has 0 saturated carbocycles. The van der Waals surface area contributed by atoms with Crippen LogP contribution >= 0.6 is 0 Å². The van der Waals surface area contributed by atoms with E-state index >= 15 is 0 Å². The molecule has 2 atom stereocenters. The van der Waals surface area contributed by atoms with Gasteiger partial charge in [-0.15, -0.1) is 0 Å². The van der Waals surface area contributed by atoms with Crippen molar-refractivity contribution in [2.24, 2.45) is 5.92 Å². The van der Waals surface area contributed by atoms with Gasteiger partial charge in [-0.25, -0.2) is 8.42 Å². The number of sulfone groups is 1. The maximum atomic E-state index is 12.7. The van der Waals surface area contributed by atoms with Gasteiger partial charge in [0, 0.05) is 25.8 Å². The lowest BCUT2D eigenvalue weighted by atomic mass is 10.1. The number of amides is 2. The average molecular weight is 415 g/mol. The van der Waals surface area contributed by atoms with Crippen molar-refractivity contribution in [1.29, 1.82) is 0 Å². The fourth-order valence-corrected chi connectivity index (χ4v) is 4.06. The second-order valence-electron chi connectivity index (χ2n) is 7.73. The van der Waals surface area contributed by atoms with Crippen LogP contribution in [0.4, 0.5) is 0 Å². The molecular weight excluding hydrogens is 388 g/mol. The SMILES string of the molecule is Cc1ccc(CN2C[C@@H](C(=O)N[C@@H](C)c3ccc(S(C)(=O)=O)cc3)CC2=O)cc1. The van der Waals surface area contributed by atoms with Crippen molar-refractivity contribution < 1.29 is 18.0 Å². The number of hydrogen-bond donors (Lipinski definition) is 1. The Labute approximate surface area is 171 Å². The Morgan fingerprint density at radius 3 is 2.34 bits per heavy atom. The Kier molecular flexibility index (Phi) is 6.07. The molecule has 0 radical (unpaired) electrons. The highest BCUT2D eigenvalue weighted by Gasteiger charge is 2.34. The summed E-state index contributed by atoms with van der Waals surface area (Å²) in [5.41, 5.74) is 3.02. The molecule has 3 rings (SSSR count). The van der Waals surface area contributed by atoms with Crippen molar-refractivity contribution in [3.05, 3.63) is 65.2 Å². The van der Waals surface area contributed by atoms with E-state index in [9.17, 15) is 18.0 Å². The summed E-state index contributed by atoms with van der Waals surface area (Å²) in [6.07, 6.45) is 1.37. The van der Waals surface area contributed by atoms with Crippen molar-refractivity contribution in [2.45, 2.75) is 37.8 Å². The van der Waals surface area contributed by atoms with E-state index in [1.54, 1.807) is 17.0 Å². The summed E-state index contributed by atoms with van der Waals surface area (Å²) in [5, 5.41) is 2.94. The molecule has 6 nitrogen and oxygen atoms in total. The fraction of sp³-hybridized carbons (Fsp3) is 0.364. The van der Waals surface area contributed by atoms with E-state index in [4.69, 9.17) is 0 Å². The van der Waals surface area contributed by atoms with Gasteiger partial charge in [-0.2, -0.15) is 0 Å². The molecule has 0 unspecified atom stereocenters. The molecule has 2 amide bonds. The number of rotatable bonds is 6. The molecule has 0 bridgehead atoms. The van der Waals surface area contributed by atoms with Gasteiger partial charge in [0.15, 0.2) is 9.84 Å². The summed E-state index contributed by atoms with van der Waals surface area (Å²) in [5.74, 6) is -0.564. The molecule has 2 aromatic rings. The first-order valence-corrected chi connectivity index (χ1v) is 11.5. The average Bonchev–Trinajstić information content (AvgIpc) is 3.03. The maximum Gasteiger partial charge on any atom is 0.225 e. The number of nitrogens with one attached hydrogen (secondary N) is 1. The van der Waals surface area contributed by atoms with Crippen LogP contribution < -0.4 is 5.32 Å². The highest BCUT2D eigenvalue weighted by molar-refractivity contribution is 7.90. The molecule has 0 aliphatic carbocycles. The molecule has 2 aromatic carbocycles. The van der Waals surface area contributed by atoms with E-state index in [1.165, 1.54) is 12.1 Å². The minimum atomic E-state index is -3.25. The first kappa shape index (κ1) is 21.0. The van der Waals surface area contributed by atoms with Gasteiger partial charge in [-0.3, -0.25) is 9.59 Å². The molecule has 29 heavy (non-hydrogen) atoms. The van der Waals surface area contributed by atoms with Gasteiger partial charge in [-0.1, -0.05) is 42.0 Å². The van der Waals surface area contributed by atoms with Crippen molar-refractivity contribution >= 4 is 21.7 Å². The highest BCUT2D eigenvalue weighted by Crippen LogP contribution is 2.22. The number of carbonyl (C=O) groups is 2. The summed E-state index contributed by atoms with van der Waals surface area (Å²) < 4.78 is 23.1. The normalized spacial score (nSPS) is 18.0. The van der Waals surface area contributed by atoms with Gasteiger partial charge in [0.1, 0.15) is 0 Å². The molecule has 1 fully saturated rings. The number of aryl methyl sites for hydroxylation is 1. The van der Waals surface area contributed by atoms with E-state index in [0.29, 0.717) is 13.1 Å². The van der Waals surface area contributed by atoms with E-state index < -0.39 is 9.84 Å². The monoisotopic (exact) mass is 414 g/mol. The minimum Gasteiger partial charge on any atom is -0.349 e. The highest BCUT2D eigenvalue weighted by atomic mass is 32.2. The summed E-state index contributed by atoms with van der Waals surface area (Å²) in [4.78, 5) is 27.0. The lowest BCUT2D eigenvalue weighted by Crippen LogP contribution is -2.34. The quantitative estimate of drug-likeness (QED) is 0.788. The molecule has 0 spiro atoms. The van der Waals surface area contributed by atoms with Crippen molar-refractivity contribution in [3.63, 3.8) is 0 Å². The summed E-state index contributed by atoms with van der Waals surface area (Å²) >= 11 is 0. The number of hydrogen-bond acceptors (Lipinski definition) is 4. The second kappa shape index (κ2) is 8.37. The Bertz CT molecular complexity index is 998. The van der Waals surface area contributed by atoms with Crippen LogP contribution in [-0.4, -0.2) is 37.9 Å². The number of benzene rings is 2. The Hall–Kier alpha value is -2.67. The van der Waals surface area contributed by atoms with E-state index in [-0.39, 0.29) is 35.1 Å². The zero-order valence-electron chi connectivity index (χ0n) is 16.9. The molecule has 1 heterocycles. The molecule has 0 aromatic heterocycles. The maximum absolute atomic E-state index is 12.7. The molecule has 1 N–H and O–H groups in total. The van der Waals surface area contributed by atoms with Crippen LogP contribution in [0.1, 0.15) is 36.1 Å². The fourth-order valence-electron chi connectivity index (χ4n) is 3.43. The first-order valence-electron chi connectivity index (χ1n) is 9.57. The van der Waals surface area contributed by atoms with Gasteiger partial charge in [0.2, 0.25) is 11.8 Å². The molecule has 1 saturated heterocycles. The predicted molar refractivity (Wildman–Crippen MR) is 111 cm³/mol. The summed E-state index contributed by atoms with van der Waals surface area (Å²) in [6, 6.07) is 14.2. The third-order valence-corrected chi connectivity index (χ3v) is 6.37. The standard InChI is InChI=1S/C22H26N2O4S/c1-15-4-6-17(7-5-15)13-24-14-19(12-21(24)25)22(26)23-16(2)18-8-10-20(11-9-18)29(3,27)28/h4-11,16,19H,12-14H2,1-3H3,(H,23,26)/t16-,19-/m0/s1. The zero-order valence-corrected chi connectivity index (χ0v) is 17.7. The predicted octanol–water partition coefficient (Wildman–Crippen LogP) is 2.62. The van der Waals surface area contributed by atoms with Crippen molar-refractivity contribution in [1.82, 2.24) is 10.2 Å². The van der Waals surface area contributed by atoms with Gasteiger partial charge >= 0.3 is 0 Å². The van der Waals surface area contributed by atoms with Crippen LogP contribution in [0.5, 0.6) is 0 Å². The summed E-state index contributed by atoms with van der Waals surface area (Å²) in [6.45, 7) is 4.76. The number of nitrogens with zero attached hydrogens (tertiary/aromatic N) is 1. The Morgan fingerprint density at radius 2 is 1.76 bits per heavy atom. The van der Waals surface area contributed by atoms with E-state index in [1.807, 2.05) is 38.1 Å².